The Balaban J connectivity index is 1.33. The van der Waals surface area contributed by atoms with E-state index in [0.717, 1.165) is 35.1 Å². The lowest BCUT2D eigenvalue weighted by molar-refractivity contribution is -0.130. The van der Waals surface area contributed by atoms with Crippen LogP contribution in [0.15, 0.2) is 121 Å². The van der Waals surface area contributed by atoms with Crippen molar-refractivity contribution in [3.8, 4) is 22.6 Å². The molecule has 0 amide bonds. The zero-order valence-electron chi connectivity index (χ0n) is 21.7. The van der Waals surface area contributed by atoms with Crippen LogP contribution in [-0.2, 0) is 22.4 Å². The number of benzene rings is 4. The zero-order valence-corrected chi connectivity index (χ0v) is 21.7. The van der Waals surface area contributed by atoms with Crippen LogP contribution >= 0.6 is 0 Å². The van der Waals surface area contributed by atoms with Gasteiger partial charge < -0.3 is 9.47 Å². The fourth-order valence-corrected chi connectivity index (χ4v) is 3.84. The molecular formula is C34H30O4. The molecule has 0 bridgehead atoms. The summed E-state index contributed by atoms with van der Waals surface area (Å²) in [4.78, 5) is 23.3. The molecule has 4 nitrogen and oxygen atoms in total. The highest BCUT2D eigenvalue weighted by atomic mass is 16.5. The maximum atomic E-state index is 11.7. The van der Waals surface area contributed by atoms with Crippen molar-refractivity contribution in [2.75, 3.05) is 0 Å². The van der Waals surface area contributed by atoms with E-state index in [4.69, 9.17) is 9.47 Å². The van der Waals surface area contributed by atoms with Crippen LogP contribution in [0.4, 0.5) is 0 Å². The van der Waals surface area contributed by atoms with Gasteiger partial charge in [0.2, 0.25) is 0 Å². The number of hydrogen-bond donors (Lipinski definition) is 0. The van der Waals surface area contributed by atoms with Crippen molar-refractivity contribution >= 4 is 11.9 Å². The minimum atomic E-state index is -0.418. The van der Waals surface area contributed by atoms with E-state index in [9.17, 15) is 9.59 Å². The summed E-state index contributed by atoms with van der Waals surface area (Å²) in [6, 6.07) is 32.2. The van der Waals surface area contributed by atoms with Crippen LogP contribution in [-0.4, -0.2) is 11.9 Å². The number of ether oxygens (including phenoxy) is 2. The highest BCUT2D eigenvalue weighted by Crippen LogP contribution is 2.23. The van der Waals surface area contributed by atoms with Gasteiger partial charge in [-0.25, -0.2) is 9.59 Å². The van der Waals surface area contributed by atoms with Crippen LogP contribution < -0.4 is 9.47 Å². The Morgan fingerprint density at radius 3 is 1.03 bits per heavy atom. The summed E-state index contributed by atoms with van der Waals surface area (Å²) in [6.45, 7) is 10.5. The quantitative estimate of drug-likeness (QED) is 0.135. The van der Waals surface area contributed by atoms with E-state index in [1.54, 1.807) is 38.1 Å². The summed E-state index contributed by atoms with van der Waals surface area (Å²) in [6.07, 6.45) is 1.58. The molecule has 0 fully saturated rings. The average Bonchev–Trinajstić information content (AvgIpc) is 2.91. The van der Waals surface area contributed by atoms with Crippen LogP contribution in [0.2, 0.25) is 0 Å². The highest BCUT2D eigenvalue weighted by Gasteiger charge is 2.07. The molecule has 0 saturated carbocycles. The van der Waals surface area contributed by atoms with Gasteiger partial charge in [-0.05, 0) is 84.3 Å². The average molecular weight is 503 g/mol. The van der Waals surface area contributed by atoms with E-state index >= 15 is 0 Å². The van der Waals surface area contributed by atoms with E-state index in [2.05, 4.69) is 61.7 Å². The van der Waals surface area contributed by atoms with Crippen molar-refractivity contribution in [2.24, 2.45) is 0 Å². The lowest BCUT2D eigenvalue weighted by atomic mass is 9.98. The summed E-state index contributed by atoms with van der Waals surface area (Å²) in [5, 5.41) is 0. The Morgan fingerprint density at radius 2 is 0.763 bits per heavy atom. The van der Waals surface area contributed by atoms with E-state index in [1.165, 1.54) is 11.1 Å². The van der Waals surface area contributed by atoms with Gasteiger partial charge in [0.15, 0.2) is 0 Å². The lowest BCUT2D eigenvalue weighted by Crippen LogP contribution is -2.08. The molecular weight excluding hydrogens is 472 g/mol. The molecule has 0 aliphatic heterocycles. The summed E-state index contributed by atoms with van der Waals surface area (Å²) < 4.78 is 10.5. The molecule has 0 unspecified atom stereocenters. The molecule has 4 aromatic rings. The Bertz CT molecular complexity index is 1330. The third-order valence-electron chi connectivity index (χ3n) is 6.02. The van der Waals surface area contributed by atoms with Crippen LogP contribution in [0.3, 0.4) is 0 Å². The first-order chi connectivity index (χ1) is 18.3. The molecule has 190 valence electrons. The van der Waals surface area contributed by atoms with Crippen molar-refractivity contribution in [3.05, 3.63) is 144 Å². The molecule has 0 atom stereocenters. The fraction of sp³-hybridized carbons (Fsp3) is 0.118. The summed E-state index contributed by atoms with van der Waals surface area (Å²) in [5.74, 6) is 0.195. The van der Waals surface area contributed by atoms with Crippen molar-refractivity contribution in [1.82, 2.24) is 0 Å². The molecule has 0 saturated heterocycles. The Hall–Kier alpha value is -4.70. The first kappa shape index (κ1) is 26.4. The number of hydrogen-bond acceptors (Lipinski definition) is 4. The normalized spacial score (nSPS) is 10.5. The van der Waals surface area contributed by atoms with Gasteiger partial charge in [0.25, 0.3) is 0 Å². The van der Waals surface area contributed by atoms with Crippen LogP contribution in [0, 0.1) is 0 Å². The minimum Gasteiger partial charge on any atom is -0.423 e. The van der Waals surface area contributed by atoms with Gasteiger partial charge in [0, 0.05) is 11.1 Å². The first-order valence-corrected chi connectivity index (χ1v) is 12.4. The number of rotatable bonds is 9. The van der Waals surface area contributed by atoms with Crippen molar-refractivity contribution in [2.45, 2.75) is 26.7 Å². The van der Waals surface area contributed by atoms with E-state index < -0.39 is 11.9 Å². The predicted octanol–water partition coefficient (Wildman–Crippen LogP) is 7.50. The molecule has 0 aliphatic carbocycles. The Morgan fingerprint density at radius 1 is 0.500 bits per heavy atom. The number of carbonyl (C=O) groups is 2. The summed E-state index contributed by atoms with van der Waals surface area (Å²) >= 11 is 0. The van der Waals surface area contributed by atoms with E-state index in [-0.39, 0.29) is 0 Å². The molecule has 0 radical (unpaired) electrons. The monoisotopic (exact) mass is 502 g/mol. The predicted molar refractivity (Wildman–Crippen MR) is 151 cm³/mol. The smallest absolute Gasteiger partial charge is 0.338 e. The molecule has 0 aromatic heterocycles. The molecule has 0 spiro atoms. The topological polar surface area (TPSA) is 52.6 Å². The van der Waals surface area contributed by atoms with Gasteiger partial charge in [0.1, 0.15) is 11.5 Å². The summed E-state index contributed by atoms with van der Waals surface area (Å²) in [7, 11) is 0. The van der Waals surface area contributed by atoms with Gasteiger partial charge in [-0.1, -0.05) is 86.0 Å². The second-order valence-corrected chi connectivity index (χ2v) is 9.38. The molecule has 38 heavy (non-hydrogen) atoms. The van der Waals surface area contributed by atoms with Gasteiger partial charge in [-0.3, -0.25) is 0 Å². The lowest BCUT2D eigenvalue weighted by Gasteiger charge is -2.08. The fourth-order valence-electron chi connectivity index (χ4n) is 3.84. The molecule has 0 N–H and O–H groups in total. The number of esters is 2. The van der Waals surface area contributed by atoms with Gasteiger partial charge in [0.05, 0.1) is 0 Å². The summed E-state index contributed by atoms with van der Waals surface area (Å²) in [5.41, 5.74) is 7.75. The SMILES string of the molecule is C=C(C)C(=O)Oc1ccc(Cc2ccc(-c3ccc(Cc4ccc(OC(=O)C(=C)C)cc4)cc3)cc2)cc1. The highest BCUT2D eigenvalue weighted by molar-refractivity contribution is 5.89. The second-order valence-electron chi connectivity index (χ2n) is 9.38. The maximum absolute atomic E-state index is 11.7. The second kappa shape index (κ2) is 12.0. The molecule has 4 heteroatoms. The molecule has 0 aliphatic rings. The Labute approximate surface area is 223 Å². The largest absolute Gasteiger partial charge is 0.423 e. The molecule has 4 rings (SSSR count). The van der Waals surface area contributed by atoms with Gasteiger partial charge >= 0.3 is 11.9 Å². The van der Waals surface area contributed by atoms with Gasteiger partial charge in [-0.15, -0.1) is 0 Å². The maximum Gasteiger partial charge on any atom is 0.338 e. The standard InChI is InChI=1S/C34H30O4/c1-23(2)33(35)37-31-17-9-27(10-18-31)21-25-5-13-29(14-6-25)30-15-7-26(8-16-30)22-28-11-19-32(20-12-28)38-34(36)24(3)4/h5-20H,1,3,21-22H2,2,4H3. The van der Waals surface area contributed by atoms with E-state index in [1.807, 2.05) is 24.3 Å². The van der Waals surface area contributed by atoms with Crippen LogP contribution in [0.1, 0.15) is 36.1 Å². The third kappa shape index (κ3) is 7.17. The minimum absolute atomic E-state index is 0.374. The molecule has 4 aromatic carbocycles. The zero-order chi connectivity index (χ0) is 27.1. The van der Waals surface area contributed by atoms with Crippen molar-refractivity contribution < 1.29 is 19.1 Å². The van der Waals surface area contributed by atoms with Gasteiger partial charge in [-0.2, -0.15) is 0 Å². The third-order valence-corrected chi connectivity index (χ3v) is 6.02. The molecule has 0 heterocycles. The number of carbonyl (C=O) groups excluding carboxylic acids is 2. The van der Waals surface area contributed by atoms with Crippen molar-refractivity contribution in [3.63, 3.8) is 0 Å². The van der Waals surface area contributed by atoms with Crippen molar-refractivity contribution in [1.29, 1.82) is 0 Å². The van der Waals surface area contributed by atoms with Crippen LogP contribution in [0.25, 0.3) is 11.1 Å². The first-order valence-electron chi connectivity index (χ1n) is 12.4. The van der Waals surface area contributed by atoms with E-state index in [0.29, 0.717) is 22.6 Å². The van der Waals surface area contributed by atoms with Crippen LogP contribution in [0.5, 0.6) is 11.5 Å². The Kier molecular flexibility index (Phi) is 8.34.